The van der Waals surface area contributed by atoms with Gasteiger partial charge in [0.25, 0.3) is 5.91 Å². The summed E-state index contributed by atoms with van der Waals surface area (Å²) in [5.41, 5.74) is 1.53. The molecule has 7 heteroatoms. The van der Waals surface area contributed by atoms with Gasteiger partial charge in [-0.05, 0) is 36.4 Å². The number of para-hydroxylation sites is 1. The maximum atomic E-state index is 13.0. The first kappa shape index (κ1) is 17.8. The van der Waals surface area contributed by atoms with Crippen LogP contribution in [0, 0.1) is 5.82 Å². The number of anilines is 1. The minimum absolute atomic E-state index is 0.115. The van der Waals surface area contributed by atoms with E-state index in [4.69, 9.17) is 4.74 Å². The van der Waals surface area contributed by atoms with Crippen LogP contribution in [0.15, 0.2) is 60.0 Å². The van der Waals surface area contributed by atoms with Crippen molar-refractivity contribution in [2.45, 2.75) is 0 Å². The van der Waals surface area contributed by atoms with Crippen LogP contribution in [0.3, 0.4) is 0 Å². The van der Waals surface area contributed by atoms with Crippen LogP contribution in [0.5, 0.6) is 0 Å². The van der Waals surface area contributed by atoms with Crippen LogP contribution in [-0.2, 0) is 9.53 Å². The molecule has 2 aromatic carbocycles. The molecule has 0 unspecified atom stereocenters. The highest BCUT2D eigenvalue weighted by atomic mass is 32.1. The number of carbonyl (C=O) groups excluding carboxylic acids is 2. The Balaban J connectivity index is 1.60. The molecule has 5 nitrogen and oxygen atoms in total. The van der Waals surface area contributed by atoms with Gasteiger partial charge >= 0.3 is 5.97 Å². The Hall–Kier alpha value is -3.06. The molecule has 0 aliphatic carbocycles. The number of benzene rings is 2. The summed E-state index contributed by atoms with van der Waals surface area (Å²) in [7, 11) is 1.61. The van der Waals surface area contributed by atoms with Crippen molar-refractivity contribution in [3.8, 4) is 10.6 Å². The van der Waals surface area contributed by atoms with Crippen molar-refractivity contribution >= 4 is 28.9 Å². The number of hydrogen-bond donors (Lipinski definition) is 0. The van der Waals surface area contributed by atoms with Crippen LogP contribution in [0.4, 0.5) is 10.1 Å². The van der Waals surface area contributed by atoms with E-state index in [2.05, 4.69) is 4.98 Å². The van der Waals surface area contributed by atoms with Gasteiger partial charge in [-0.1, -0.05) is 18.2 Å². The summed E-state index contributed by atoms with van der Waals surface area (Å²) in [5, 5.41) is 2.12. The Morgan fingerprint density at radius 1 is 1.12 bits per heavy atom. The summed E-state index contributed by atoms with van der Waals surface area (Å²) in [5.74, 6) is -1.37. The van der Waals surface area contributed by atoms with Crippen LogP contribution in [0.1, 0.15) is 10.5 Å². The van der Waals surface area contributed by atoms with Crippen molar-refractivity contribution in [2.24, 2.45) is 0 Å². The number of carbonyl (C=O) groups is 2. The molecule has 0 aliphatic heterocycles. The standard InChI is InChI=1S/C19H15FN2O3S/c1-22(15-5-3-2-4-6-15)17(23)11-25-19(24)16-12-26-18(21-16)13-7-9-14(20)10-8-13/h2-10,12H,11H2,1H3. The molecular formula is C19H15FN2O3S. The number of amides is 1. The van der Waals surface area contributed by atoms with Crippen LogP contribution >= 0.6 is 11.3 Å². The van der Waals surface area contributed by atoms with Crippen molar-refractivity contribution in [3.05, 3.63) is 71.5 Å². The van der Waals surface area contributed by atoms with E-state index < -0.39 is 5.97 Å². The monoisotopic (exact) mass is 370 g/mol. The van der Waals surface area contributed by atoms with E-state index >= 15 is 0 Å². The molecule has 0 aliphatic rings. The zero-order valence-electron chi connectivity index (χ0n) is 13.9. The molecule has 0 fully saturated rings. The predicted octanol–water partition coefficient (Wildman–Crippen LogP) is 3.77. The number of aromatic nitrogens is 1. The third-order valence-electron chi connectivity index (χ3n) is 3.65. The van der Waals surface area contributed by atoms with Crippen molar-refractivity contribution < 1.29 is 18.7 Å². The number of esters is 1. The van der Waals surface area contributed by atoms with Gasteiger partial charge in [0.15, 0.2) is 12.3 Å². The summed E-state index contributed by atoms with van der Waals surface area (Å²) in [4.78, 5) is 29.8. The van der Waals surface area contributed by atoms with Crippen molar-refractivity contribution in [1.82, 2.24) is 4.98 Å². The lowest BCUT2D eigenvalue weighted by atomic mass is 10.2. The maximum Gasteiger partial charge on any atom is 0.358 e. The molecule has 1 heterocycles. The minimum Gasteiger partial charge on any atom is -0.451 e. The molecule has 132 valence electrons. The minimum atomic E-state index is -0.676. The predicted molar refractivity (Wildman–Crippen MR) is 97.6 cm³/mol. The molecule has 0 saturated carbocycles. The number of thiazole rings is 1. The van der Waals surface area contributed by atoms with E-state index in [1.54, 1.807) is 36.7 Å². The quantitative estimate of drug-likeness (QED) is 0.642. The average Bonchev–Trinajstić information content (AvgIpc) is 3.16. The Labute approximate surface area is 153 Å². The average molecular weight is 370 g/mol. The highest BCUT2D eigenvalue weighted by molar-refractivity contribution is 7.13. The van der Waals surface area contributed by atoms with Crippen LogP contribution in [0.2, 0.25) is 0 Å². The number of likely N-dealkylation sites (N-methyl/N-ethyl adjacent to an activating group) is 1. The van der Waals surface area contributed by atoms with Gasteiger partial charge < -0.3 is 9.64 Å². The molecule has 0 N–H and O–H groups in total. The second-order valence-corrected chi connectivity index (χ2v) is 6.27. The van der Waals surface area contributed by atoms with Gasteiger partial charge in [0, 0.05) is 23.7 Å². The smallest absolute Gasteiger partial charge is 0.358 e. The molecule has 1 amide bonds. The Kier molecular flexibility index (Phi) is 5.38. The van der Waals surface area contributed by atoms with E-state index in [0.717, 1.165) is 0 Å². The fourth-order valence-electron chi connectivity index (χ4n) is 2.19. The highest BCUT2D eigenvalue weighted by Gasteiger charge is 2.17. The second kappa shape index (κ2) is 7.88. The maximum absolute atomic E-state index is 13.0. The summed E-state index contributed by atoms with van der Waals surface area (Å²) in [6, 6.07) is 14.9. The molecule has 0 saturated heterocycles. The third kappa shape index (κ3) is 4.12. The van der Waals surface area contributed by atoms with E-state index in [1.807, 2.05) is 18.2 Å². The first-order valence-electron chi connectivity index (χ1n) is 7.75. The lowest BCUT2D eigenvalue weighted by molar-refractivity contribution is -0.121. The first-order valence-corrected chi connectivity index (χ1v) is 8.63. The van der Waals surface area contributed by atoms with E-state index in [-0.39, 0.29) is 24.0 Å². The number of halogens is 1. The SMILES string of the molecule is CN(C(=O)COC(=O)c1csc(-c2ccc(F)cc2)n1)c1ccccc1. The van der Waals surface area contributed by atoms with E-state index in [0.29, 0.717) is 16.3 Å². The van der Waals surface area contributed by atoms with Gasteiger partial charge in [0.05, 0.1) is 0 Å². The van der Waals surface area contributed by atoms with Crippen LogP contribution < -0.4 is 4.90 Å². The van der Waals surface area contributed by atoms with Gasteiger partial charge in [-0.15, -0.1) is 11.3 Å². The van der Waals surface area contributed by atoms with E-state index in [1.165, 1.54) is 28.4 Å². The van der Waals surface area contributed by atoms with Gasteiger partial charge in [0.1, 0.15) is 10.8 Å². The number of rotatable bonds is 5. The highest BCUT2D eigenvalue weighted by Crippen LogP contribution is 2.24. The molecule has 0 radical (unpaired) electrons. The molecule has 1 aromatic heterocycles. The summed E-state index contributed by atoms with van der Waals surface area (Å²) in [6.07, 6.45) is 0. The van der Waals surface area contributed by atoms with Crippen LogP contribution in [-0.4, -0.2) is 30.5 Å². The number of nitrogens with zero attached hydrogens (tertiary/aromatic N) is 2. The fraction of sp³-hybridized carbons (Fsp3) is 0.105. The number of ether oxygens (including phenoxy) is 1. The Bertz CT molecular complexity index is 910. The molecule has 26 heavy (non-hydrogen) atoms. The first-order chi connectivity index (χ1) is 12.5. The Morgan fingerprint density at radius 2 is 1.81 bits per heavy atom. The number of hydrogen-bond acceptors (Lipinski definition) is 5. The molecule has 3 rings (SSSR count). The topological polar surface area (TPSA) is 59.5 Å². The molecule has 0 spiro atoms. The van der Waals surface area contributed by atoms with Gasteiger partial charge in [-0.3, -0.25) is 4.79 Å². The zero-order chi connectivity index (χ0) is 18.5. The van der Waals surface area contributed by atoms with Gasteiger partial charge in [-0.25, -0.2) is 14.2 Å². The molecule has 0 atom stereocenters. The summed E-state index contributed by atoms with van der Waals surface area (Å²) in [6.45, 7) is -0.381. The van der Waals surface area contributed by atoms with Gasteiger partial charge in [-0.2, -0.15) is 0 Å². The lowest BCUT2D eigenvalue weighted by Crippen LogP contribution is -2.31. The molecule has 3 aromatic rings. The molecule has 0 bridgehead atoms. The zero-order valence-corrected chi connectivity index (χ0v) is 14.7. The summed E-state index contributed by atoms with van der Waals surface area (Å²) >= 11 is 1.24. The fourth-order valence-corrected chi connectivity index (χ4v) is 2.98. The normalized spacial score (nSPS) is 10.4. The van der Waals surface area contributed by atoms with Crippen molar-refractivity contribution in [2.75, 3.05) is 18.6 Å². The lowest BCUT2D eigenvalue weighted by Gasteiger charge is -2.16. The Morgan fingerprint density at radius 3 is 2.50 bits per heavy atom. The second-order valence-electron chi connectivity index (χ2n) is 5.41. The van der Waals surface area contributed by atoms with Crippen molar-refractivity contribution in [3.63, 3.8) is 0 Å². The van der Waals surface area contributed by atoms with Crippen molar-refractivity contribution in [1.29, 1.82) is 0 Å². The summed E-state index contributed by atoms with van der Waals surface area (Å²) < 4.78 is 18.0. The molecular weight excluding hydrogens is 355 g/mol. The van der Waals surface area contributed by atoms with Crippen LogP contribution in [0.25, 0.3) is 10.6 Å². The van der Waals surface area contributed by atoms with E-state index in [9.17, 15) is 14.0 Å². The third-order valence-corrected chi connectivity index (χ3v) is 4.54. The largest absolute Gasteiger partial charge is 0.451 e. The van der Waals surface area contributed by atoms with Gasteiger partial charge in [0.2, 0.25) is 0 Å².